The van der Waals surface area contributed by atoms with E-state index in [0.717, 1.165) is 86.5 Å². The van der Waals surface area contributed by atoms with Gasteiger partial charge in [0.15, 0.2) is 11.5 Å². The van der Waals surface area contributed by atoms with Crippen molar-refractivity contribution in [1.29, 1.82) is 0 Å². The summed E-state index contributed by atoms with van der Waals surface area (Å²) in [5.41, 5.74) is 3.46. The lowest BCUT2D eigenvalue weighted by atomic mass is 10.1. The maximum atomic E-state index is 13.8. The number of aryl methyl sites for hydroxylation is 1. The lowest BCUT2D eigenvalue weighted by molar-refractivity contribution is 0.0719. The molecule has 7 nitrogen and oxygen atoms in total. The zero-order valence-corrected chi connectivity index (χ0v) is 18.1. The first-order valence-electron chi connectivity index (χ1n) is 11.8. The number of aromatic nitrogens is 5. The fraction of sp³-hybridized carbons (Fsp3) is 0.500. The van der Waals surface area contributed by atoms with E-state index in [2.05, 4.69) is 14.8 Å². The van der Waals surface area contributed by atoms with E-state index in [0.29, 0.717) is 12.2 Å². The molecule has 1 aliphatic carbocycles. The summed E-state index contributed by atoms with van der Waals surface area (Å²) in [5.74, 6) is 1.69. The van der Waals surface area contributed by atoms with E-state index in [1.54, 1.807) is 12.1 Å². The van der Waals surface area contributed by atoms with Gasteiger partial charge in [-0.15, -0.1) is 10.2 Å². The summed E-state index contributed by atoms with van der Waals surface area (Å²) in [6, 6.07) is 6.27. The predicted octanol–water partition coefficient (Wildman–Crippen LogP) is 3.80. The number of nitrogens with zero attached hydrogens (tertiary/aromatic N) is 6. The number of likely N-dealkylation sites (tertiary alicyclic amines) is 1. The molecule has 8 heteroatoms. The Balaban J connectivity index is 1.35. The fourth-order valence-electron chi connectivity index (χ4n) is 5.57. The number of carbonyl (C=O) groups is 1. The number of hydrogen-bond donors (Lipinski definition) is 0. The van der Waals surface area contributed by atoms with Gasteiger partial charge in [-0.05, 0) is 69.2 Å². The predicted molar refractivity (Wildman–Crippen MR) is 116 cm³/mol. The van der Waals surface area contributed by atoms with Crippen LogP contribution in [0.15, 0.2) is 24.3 Å². The minimum absolute atomic E-state index is 0.0162. The molecule has 32 heavy (non-hydrogen) atoms. The second kappa shape index (κ2) is 7.83. The maximum Gasteiger partial charge on any atom is 0.275 e. The summed E-state index contributed by atoms with van der Waals surface area (Å²) in [5, 5.41) is 13.8. The van der Waals surface area contributed by atoms with Crippen LogP contribution < -0.4 is 0 Å². The highest BCUT2D eigenvalue weighted by molar-refractivity contribution is 5.94. The highest BCUT2D eigenvalue weighted by Gasteiger charge is 2.38. The van der Waals surface area contributed by atoms with Crippen molar-refractivity contribution in [2.24, 2.45) is 0 Å². The monoisotopic (exact) mass is 434 g/mol. The van der Waals surface area contributed by atoms with Crippen LogP contribution in [0.1, 0.15) is 78.0 Å². The Morgan fingerprint density at radius 3 is 2.69 bits per heavy atom. The van der Waals surface area contributed by atoms with Crippen LogP contribution in [-0.4, -0.2) is 41.9 Å². The molecule has 2 aromatic heterocycles. The standard InChI is InChI=1S/C24H27FN6O/c25-16-10-12-17(13-11-16)31-19-7-4-6-18(19)22(28-31)24(32)29-15-5-8-20(29)23-27-26-21-9-2-1-3-14-30(21)23/h10-13,20H,1-9,14-15H2. The normalized spacial score (nSPS) is 20.3. The Hall–Kier alpha value is -3.03. The Bertz CT molecular complexity index is 1160. The van der Waals surface area contributed by atoms with Crippen molar-refractivity contribution in [2.45, 2.75) is 70.4 Å². The van der Waals surface area contributed by atoms with Gasteiger partial charge < -0.3 is 9.47 Å². The van der Waals surface area contributed by atoms with E-state index in [9.17, 15) is 9.18 Å². The van der Waals surface area contributed by atoms with Crippen LogP contribution in [0.5, 0.6) is 0 Å². The first-order chi connectivity index (χ1) is 15.7. The van der Waals surface area contributed by atoms with Crippen LogP contribution in [0.4, 0.5) is 4.39 Å². The van der Waals surface area contributed by atoms with Gasteiger partial charge >= 0.3 is 0 Å². The highest BCUT2D eigenvalue weighted by Crippen LogP contribution is 2.35. The van der Waals surface area contributed by atoms with Crippen LogP contribution >= 0.6 is 0 Å². The quantitative estimate of drug-likeness (QED) is 0.629. The molecular weight excluding hydrogens is 407 g/mol. The first-order valence-corrected chi connectivity index (χ1v) is 11.8. The van der Waals surface area contributed by atoms with Gasteiger partial charge in [0.2, 0.25) is 0 Å². The largest absolute Gasteiger partial charge is 0.327 e. The smallest absolute Gasteiger partial charge is 0.275 e. The van der Waals surface area contributed by atoms with Gasteiger partial charge in [-0.3, -0.25) is 4.79 Å². The molecule has 1 unspecified atom stereocenters. The Morgan fingerprint density at radius 2 is 1.81 bits per heavy atom. The van der Waals surface area contributed by atoms with Crippen molar-refractivity contribution in [1.82, 2.24) is 29.4 Å². The molecule has 2 aliphatic heterocycles. The number of halogens is 1. The molecular formula is C24H27FN6O. The second-order valence-electron chi connectivity index (χ2n) is 9.11. The van der Waals surface area contributed by atoms with Gasteiger partial charge in [0.1, 0.15) is 11.6 Å². The minimum Gasteiger partial charge on any atom is -0.327 e. The molecule has 0 bridgehead atoms. The number of carbonyl (C=O) groups excluding carboxylic acids is 1. The molecule has 1 saturated heterocycles. The minimum atomic E-state index is -0.277. The molecule has 1 aromatic carbocycles. The topological polar surface area (TPSA) is 68.8 Å². The van der Waals surface area contributed by atoms with Crippen LogP contribution in [0, 0.1) is 5.82 Å². The number of fused-ring (bicyclic) bond motifs is 2. The molecule has 0 spiro atoms. The fourth-order valence-corrected chi connectivity index (χ4v) is 5.57. The van der Waals surface area contributed by atoms with Gasteiger partial charge in [0.25, 0.3) is 5.91 Å². The molecule has 0 saturated carbocycles. The molecule has 1 amide bonds. The molecule has 0 radical (unpaired) electrons. The second-order valence-corrected chi connectivity index (χ2v) is 9.11. The SMILES string of the molecule is O=C(c1nn(-c2ccc(F)cc2)c2c1CCC2)N1CCCC1c1nnc2n1CCCCC2. The van der Waals surface area contributed by atoms with E-state index >= 15 is 0 Å². The molecule has 166 valence electrons. The molecule has 3 aromatic rings. The van der Waals surface area contributed by atoms with Crippen molar-refractivity contribution in [3.8, 4) is 5.69 Å². The third-order valence-electron chi connectivity index (χ3n) is 7.15. The summed E-state index contributed by atoms with van der Waals surface area (Å²) >= 11 is 0. The van der Waals surface area contributed by atoms with E-state index in [1.807, 2.05) is 9.58 Å². The number of benzene rings is 1. The van der Waals surface area contributed by atoms with Crippen molar-refractivity contribution < 1.29 is 9.18 Å². The third-order valence-corrected chi connectivity index (χ3v) is 7.15. The van der Waals surface area contributed by atoms with E-state index in [1.165, 1.54) is 18.6 Å². The van der Waals surface area contributed by atoms with E-state index in [-0.39, 0.29) is 17.8 Å². The van der Waals surface area contributed by atoms with Crippen LogP contribution in [0.25, 0.3) is 5.69 Å². The van der Waals surface area contributed by atoms with Gasteiger partial charge in [-0.25, -0.2) is 9.07 Å². The highest BCUT2D eigenvalue weighted by atomic mass is 19.1. The van der Waals surface area contributed by atoms with Crippen molar-refractivity contribution in [2.75, 3.05) is 6.54 Å². The summed E-state index contributed by atoms with van der Waals surface area (Å²) in [6.45, 7) is 1.65. The van der Waals surface area contributed by atoms with Crippen molar-refractivity contribution in [3.05, 3.63) is 58.7 Å². The van der Waals surface area contributed by atoms with E-state index in [4.69, 9.17) is 5.10 Å². The van der Waals surface area contributed by atoms with Crippen molar-refractivity contribution >= 4 is 5.91 Å². The van der Waals surface area contributed by atoms with E-state index < -0.39 is 0 Å². The Morgan fingerprint density at radius 1 is 0.938 bits per heavy atom. The van der Waals surface area contributed by atoms with Gasteiger partial charge in [0, 0.05) is 30.8 Å². The Labute approximate surface area is 186 Å². The molecule has 1 fully saturated rings. The zero-order valence-electron chi connectivity index (χ0n) is 18.1. The maximum absolute atomic E-state index is 13.8. The van der Waals surface area contributed by atoms with Gasteiger partial charge in [-0.1, -0.05) is 6.42 Å². The number of rotatable bonds is 3. The van der Waals surface area contributed by atoms with Gasteiger partial charge in [0.05, 0.1) is 11.7 Å². The molecule has 0 N–H and O–H groups in total. The first kappa shape index (κ1) is 19.6. The molecule has 6 rings (SSSR count). The Kier molecular flexibility index (Phi) is 4.81. The summed E-state index contributed by atoms with van der Waals surface area (Å²) < 4.78 is 17.5. The molecule has 3 aliphatic rings. The number of hydrogen-bond acceptors (Lipinski definition) is 4. The average molecular weight is 435 g/mol. The summed E-state index contributed by atoms with van der Waals surface area (Å²) in [6.07, 6.45) is 9.07. The average Bonchev–Trinajstić information content (AvgIpc) is 3.56. The van der Waals surface area contributed by atoms with Crippen LogP contribution in [0.3, 0.4) is 0 Å². The molecule has 4 heterocycles. The number of amides is 1. The third kappa shape index (κ3) is 3.15. The van der Waals surface area contributed by atoms with Crippen LogP contribution in [-0.2, 0) is 25.8 Å². The lowest BCUT2D eigenvalue weighted by Crippen LogP contribution is -2.33. The van der Waals surface area contributed by atoms with Gasteiger partial charge in [-0.2, -0.15) is 5.10 Å². The lowest BCUT2D eigenvalue weighted by Gasteiger charge is -2.24. The summed E-state index contributed by atoms with van der Waals surface area (Å²) in [4.78, 5) is 15.7. The van der Waals surface area contributed by atoms with Crippen molar-refractivity contribution in [3.63, 3.8) is 0 Å². The van der Waals surface area contributed by atoms with Crippen LogP contribution in [0.2, 0.25) is 0 Å². The zero-order chi connectivity index (χ0) is 21.7. The molecule has 1 atom stereocenters. The summed E-state index contributed by atoms with van der Waals surface area (Å²) in [7, 11) is 0.